The fourth-order valence-electron chi connectivity index (χ4n) is 4.30. The Kier molecular flexibility index (Phi) is 5.75. The molecular weight excluding hydrogens is 334 g/mol. The standard InChI is InChI=1S/C22H31N5/c1-2-19-8-4-7-17-27(19)22-23-14-13-21(25-22)24-18-9-11-20(12-10-18)26-15-5-3-6-16-26/h9-14,19H,2-8,15-17H2,1H3,(H,23,24,25). The molecule has 5 nitrogen and oxygen atoms in total. The number of benzene rings is 1. The van der Waals surface area contributed by atoms with E-state index in [1.165, 1.54) is 57.3 Å². The molecule has 2 fully saturated rings. The summed E-state index contributed by atoms with van der Waals surface area (Å²) in [6.45, 7) is 5.68. The minimum absolute atomic E-state index is 0.567. The van der Waals surface area contributed by atoms with Crippen molar-refractivity contribution in [2.75, 3.05) is 34.8 Å². The van der Waals surface area contributed by atoms with E-state index in [2.05, 4.69) is 51.3 Å². The zero-order valence-corrected chi connectivity index (χ0v) is 16.4. The van der Waals surface area contributed by atoms with Crippen LogP contribution in [0.15, 0.2) is 36.5 Å². The average molecular weight is 366 g/mol. The number of anilines is 4. The Labute approximate surface area is 162 Å². The van der Waals surface area contributed by atoms with Gasteiger partial charge in [0, 0.05) is 43.2 Å². The molecule has 3 heterocycles. The number of aromatic nitrogens is 2. The van der Waals surface area contributed by atoms with E-state index in [0.717, 1.165) is 30.4 Å². The van der Waals surface area contributed by atoms with E-state index < -0.39 is 0 Å². The molecule has 1 N–H and O–H groups in total. The highest BCUT2D eigenvalue weighted by molar-refractivity contribution is 5.61. The molecular formula is C22H31N5. The Morgan fingerprint density at radius 2 is 1.74 bits per heavy atom. The van der Waals surface area contributed by atoms with E-state index in [0.29, 0.717) is 6.04 Å². The summed E-state index contributed by atoms with van der Waals surface area (Å²) in [7, 11) is 0. The number of hydrogen-bond donors (Lipinski definition) is 1. The summed E-state index contributed by atoms with van der Waals surface area (Å²) in [5.74, 6) is 1.72. The number of nitrogens with zero attached hydrogens (tertiary/aromatic N) is 4. The van der Waals surface area contributed by atoms with E-state index in [-0.39, 0.29) is 0 Å². The lowest BCUT2D eigenvalue weighted by Crippen LogP contribution is -2.40. The Morgan fingerprint density at radius 1 is 0.963 bits per heavy atom. The number of rotatable bonds is 5. The van der Waals surface area contributed by atoms with Crippen LogP contribution in [0.25, 0.3) is 0 Å². The van der Waals surface area contributed by atoms with Crippen LogP contribution in [0.2, 0.25) is 0 Å². The Morgan fingerprint density at radius 3 is 2.52 bits per heavy atom. The first kappa shape index (κ1) is 18.1. The van der Waals surface area contributed by atoms with Gasteiger partial charge in [-0.05, 0) is 75.3 Å². The number of nitrogens with one attached hydrogen (secondary N) is 1. The summed E-state index contributed by atoms with van der Waals surface area (Å²) in [5.41, 5.74) is 2.40. The van der Waals surface area contributed by atoms with Gasteiger partial charge in [-0.15, -0.1) is 0 Å². The van der Waals surface area contributed by atoms with Gasteiger partial charge >= 0.3 is 0 Å². The summed E-state index contributed by atoms with van der Waals surface area (Å²) >= 11 is 0. The average Bonchev–Trinajstić information content (AvgIpc) is 2.75. The molecule has 0 saturated carbocycles. The van der Waals surface area contributed by atoms with E-state index in [1.807, 2.05) is 12.3 Å². The van der Waals surface area contributed by atoms with Crippen molar-refractivity contribution in [2.45, 2.75) is 57.9 Å². The first-order valence-electron chi connectivity index (χ1n) is 10.6. The third-order valence-electron chi connectivity index (χ3n) is 5.86. The normalized spacial score (nSPS) is 20.6. The fourth-order valence-corrected chi connectivity index (χ4v) is 4.30. The van der Waals surface area contributed by atoms with Crippen LogP contribution in [0.3, 0.4) is 0 Å². The molecule has 2 saturated heterocycles. The molecule has 144 valence electrons. The highest BCUT2D eigenvalue weighted by atomic mass is 15.3. The maximum Gasteiger partial charge on any atom is 0.227 e. The van der Waals surface area contributed by atoms with Gasteiger partial charge in [-0.3, -0.25) is 0 Å². The molecule has 2 aliphatic rings. The maximum atomic E-state index is 4.80. The van der Waals surface area contributed by atoms with Gasteiger partial charge in [-0.2, -0.15) is 4.98 Å². The predicted octanol–water partition coefficient (Wildman–Crippen LogP) is 4.98. The molecule has 1 aromatic carbocycles. The van der Waals surface area contributed by atoms with Crippen molar-refractivity contribution < 1.29 is 0 Å². The quantitative estimate of drug-likeness (QED) is 0.809. The lowest BCUT2D eigenvalue weighted by Gasteiger charge is -2.35. The van der Waals surface area contributed by atoms with Gasteiger partial charge in [-0.1, -0.05) is 6.92 Å². The van der Waals surface area contributed by atoms with Gasteiger partial charge in [0.05, 0.1) is 0 Å². The summed E-state index contributed by atoms with van der Waals surface area (Å²) < 4.78 is 0. The van der Waals surface area contributed by atoms with Crippen molar-refractivity contribution in [1.29, 1.82) is 0 Å². The molecule has 2 aromatic rings. The summed E-state index contributed by atoms with van der Waals surface area (Å²) in [4.78, 5) is 14.2. The molecule has 27 heavy (non-hydrogen) atoms. The molecule has 1 atom stereocenters. The molecule has 2 aliphatic heterocycles. The van der Waals surface area contributed by atoms with Crippen LogP contribution in [0.1, 0.15) is 51.9 Å². The lowest BCUT2D eigenvalue weighted by atomic mass is 10.0. The number of piperidine rings is 2. The molecule has 0 amide bonds. The number of hydrogen-bond acceptors (Lipinski definition) is 5. The van der Waals surface area contributed by atoms with Gasteiger partial charge in [-0.25, -0.2) is 4.98 Å². The van der Waals surface area contributed by atoms with Crippen molar-refractivity contribution >= 4 is 23.1 Å². The molecule has 5 heteroatoms. The highest BCUT2D eigenvalue weighted by Gasteiger charge is 2.23. The van der Waals surface area contributed by atoms with Crippen LogP contribution in [0, 0.1) is 0 Å². The van der Waals surface area contributed by atoms with Crippen molar-refractivity contribution in [2.24, 2.45) is 0 Å². The smallest absolute Gasteiger partial charge is 0.227 e. The minimum atomic E-state index is 0.567. The van der Waals surface area contributed by atoms with Crippen LogP contribution in [-0.2, 0) is 0 Å². The first-order valence-corrected chi connectivity index (χ1v) is 10.6. The van der Waals surface area contributed by atoms with Crippen LogP contribution < -0.4 is 15.1 Å². The van der Waals surface area contributed by atoms with Crippen LogP contribution >= 0.6 is 0 Å². The second-order valence-electron chi connectivity index (χ2n) is 7.71. The monoisotopic (exact) mass is 365 g/mol. The van der Waals surface area contributed by atoms with Gasteiger partial charge in [0.1, 0.15) is 5.82 Å². The topological polar surface area (TPSA) is 44.3 Å². The fraction of sp³-hybridized carbons (Fsp3) is 0.545. The second kappa shape index (κ2) is 8.59. The van der Waals surface area contributed by atoms with Crippen molar-refractivity contribution in [3.8, 4) is 0 Å². The molecule has 0 spiro atoms. The Hall–Kier alpha value is -2.30. The van der Waals surface area contributed by atoms with Crippen LogP contribution in [0.4, 0.5) is 23.1 Å². The maximum absolute atomic E-state index is 4.80. The first-order chi connectivity index (χ1) is 13.3. The lowest BCUT2D eigenvalue weighted by molar-refractivity contribution is 0.443. The summed E-state index contributed by atoms with van der Waals surface area (Å²) in [6, 6.07) is 11.3. The zero-order valence-electron chi connectivity index (χ0n) is 16.4. The molecule has 1 unspecified atom stereocenters. The summed E-state index contributed by atoms with van der Waals surface area (Å²) in [5, 5.41) is 3.45. The third kappa shape index (κ3) is 4.34. The third-order valence-corrected chi connectivity index (χ3v) is 5.86. The van der Waals surface area contributed by atoms with Gasteiger partial charge in [0.2, 0.25) is 5.95 Å². The van der Waals surface area contributed by atoms with Crippen molar-refractivity contribution in [3.63, 3.8) is 0 Å². The highest BCUT2D eigenvalue weighted by Crippen LogP contribution is 2.26. The van der Waals surface area contributed by atoms with Crippen molar-refractivity contribution in [1.82, 2.24) is 9.97 Å². The summed E-state index contributed by atoms with van der Waals surface area (Å²) in [6.07, 6.45) is 10.8. The van der Waals surface area contributed by atoms with E-state index in [9.17, 15) is 0 Å². The van der Waals surface area contributed by atoms with E-state index >= 15 is 0 Å². The molecule has 0 bridgehead atoms. The predicted molar refractivity (Wildman–Crippen MR) is 113 cm³/mol. The SMILES string of the molecule is CCC1CCCCN1c1nccc(Nc2ccc(N3CCCCC3)cc2)n1. The Bertz CT molecular complexity index is 724. The molecule has 1 aromatic heterocycles. The van der Waals surface area contributed by atoms with Gasteiger partial charge in [0.25, 0.3) is 0 Å². The molecule has 0 aliphatic carbocycles. The van der Waals surface area contributed by atoms with E-state index in [1.54, 1.807) is 0 Å². The minimum Gasteiger partial charge on any atom is -0.372 e. The molecule has 4 rings (SSSR count). The zero-order chi connectivity index (χ0) is 18.5. The Balaban J connectivity index is 1.45. The molecule has 0 radical (unpaired) electrons. The van der Waals surface area contributed by atoms with Crippen LogP contribution in [0.5, 0.6) is 0 Å². The van der Waals surface area contributed by atoms with Gasteiger partial charge < -0.3 is 15.1 Å². The second-order valence-corrected chi connectivity index (χ2v) is 7.71. The van der Waals surface area contributed by atoms with Crippen molar-refractivity contribution in [3.05, 3.63) is 36.5 Å². The van der Waals surface area contributed by atoms with Crippen LogP contribution in [-0.4, -0.2) is 35.6 Å². The van der Waals surface area contributed by atoms with E-state index in [4.69, 9.17) is 4.98 Å². The largest absolute Gasteiger partial charge is 0.372 e. The van der Waals surface area contributed by atoms with Gasteiger partial charge in [0.15, 0.2) is 0 Å².